The monoisotopic (exact) mass is 402 g/mol. The fourth-order valence-electron chi connectivity index (χ4n) is 3.60. The van der Waals surface area contributed by atoms with Gasteiger partial charge in [-0.15, -0.1) is 0 Å². The largest absolute Gasteiger partial charge is 0.384 e. The number of benzene rings is 1. The number of carbonyl (C=O) groups is 1. The molecule has 4 N–H and O–H groups in total. The maximum absolute atomic E-state index is 12.9. The molecule has 0 bridgehead atoms. The first-order valence-corrected chi connectivity index (χ1v) is 9.97. The molecular weight excluding hydrogens is 376 g/mol. The standard InChI is InChI=1S/C23H26N6O/c1-23(2)14-28-19-12-16(6-7-18(19)23)29-22(30)17-5-4-9-26-21(17)27-13-15-8-10-25-20(11-15)24-3/h4-12,28H,13-14H2,1-3H3,(H,24,25)(H,26,27)(H,29,30). The third-order valence-electron chi connectivity index (χ3n) is 5.32. The first-order valence-electron chi connectivity index (χ1n) is 9.97. The van der Waals surface area contributed by atoms with Gasteiger partial charge in [0.25, 0.3) is 5.91 Å². The zero-order valence-corrected chi connectivity index (χ0v) is 17.4. The zero-order chi connectivity index (χ0) is 21.1. The van der Waals surface area contributed by atoms with E-state index in [1.165, 1.54) is 5.56 Å². The van der Waals surface area contributed by atoms with Gasteiger partial charge in [-0.2, -0.15) is 0 Å². The van der Waals surface area contributed by atoms with Gasteiger partial charge in [0, 0.05) is 49.3 Å². The van der Waals surface area contributed by atoms with Crippen LogP contribution in [0, 0.1) is 0 Å². The van der Waals surface area contributed by atoms with Crippen molar-refractivity contribution < 1.29 is 4.79 Å². The molecule has 0 saturated heterocycles. The van der Waals surface area contributed by atoms with E-state index in [0.29, 0.717) is 17.9 Å². The van der Waals surface area contributed by atoms with Crippen LogP contribution in [0.2, 0.25) is 0 Å². The minimum Gasteiger partial charge on any atom is -0.384 e. The Morgan fingerprint density at radius 1 is 1.13 bits per heavy atom. The molecule has 0 fully saturated rings. The molecule has 0 saturated carbocycles. The summed E-state index contributed by atoms with van der Waals surface area (Å²) < 4.78 is 0. The minimum atomic E-state index is -0.201. The Morgan fingerprint density at radius 2 is 2.00 bits per heavy atom. The van der Waals surface area contributed by atoms with Crippen LogP contribution in [0.1, 0.15) is 35.3 Å². The lowest BCUT2D eigenvalue weighted by atomic mass is 9.87. The van der Waals surface area contributed by atoms with Gasteiger partial charge >= 0.3 is 0 Å². The van der Waals surface area contributed by atoms with Crippen molar-refractivity contribution in [1.82, 2.24) is 9.97 Å². The highest BCUT2D eigenvalue weighted by Gasteiger charge is 2.29. The average Bonchev–Trinajstić information content (AvgIpc) is 3.06. The van der Waals surface area contributed by atoms with Crippen LogP contribution in [0.25, 0.3) is 0 Å². The molecule has 0 unspecified atom stereocenters. The minimum absolute atomic E-state index is 0.0957. The molecule has 4 rings (SSSR count). The summed E-state index contributed by atoms with van der Waals surface area (Å²) in [7, 11) is 1.83. The summed E-state index contributed by atoms with van der Waals surface area (Å²) >= 11 is 0. The van der Waals surface area contributed by atoms with Gasteiger partial charge in [-0.25, -0.2) is 9.97 Å². The maximum Gasteiger partial charge on any atom is 0.259 e. The van der Waals surface area contributed by atoms with Crippen LogP contribution in [0.3, 0.4) is 0 Å². The second-order valence-corrected chi connectivity index (χ2v) is 8.00. The van der Waals surface area contributed by atoms with Crippen molar-refractivity contribution in [2.75, 3.05) is 34.9 Å². The highest BCUT2D eigenvalue weighted by atomic mass is 16.1. The van der Waals surface area contributed by atoms with E-state index in [-0.39, 0.29) is 11.3 Å². The normalized spacial score (nSPS) is 13.8. The van der Waals surface area contributed by atoms with Gasteiger partial charge in [0.15, 0.2) is 0 Å². The number of amides is 1. The summed E-state index contributed by atoms with van der Waals surface area (Å²) in [5.74, 6) is 1.13. The van der Waals surface area contributed by atoms with Crippen molar-refractivity contribution in [3.05, 3.63) is 71.5 Å². The molecule has 3 heterocycles. The summed E-state index contributed by atoms with van der Waals surface area (Å²) in [6, 6.07) is 13.4. The number of rotatable bonds is 6. The average molecular weight is 403 g/mol. The van der Waals surface area contributed by atoms with Crippen LogP contribution in [-0.2, 0) is 12.0 Å². The van der Waals surface area contributed by atoms with Gasteiger partial charge in [-0.3, -0.25) is 4.79 Å². The zero-order valence-electron chi connectivity index (χ0n) is 17.4. The van der Waals surface area contributed by atoms with E-state index in [1.807, 2.05) is 31.3 Å². The Balaban J connectivity index is 1.48. The van der Waals surface area contributed by atoms with E-state index < -0.39 is 0 Å². The molecule has 0 radical (unpaired) electrons. The second kappa shape index (κ2) is 8.02. The molecule has 2 aromatic heterocycles. The Morgan fingerprint density at radius 3 is 2.83 bits per heavy atom. The number of hydrogen-bond acceptors (Lipinski definition) is 6. The molecule has 7 heteroatoms. The molecule has 154 valence electrons. The van der Waals surface area contributed by atoms with E-state index in [1.54, 1.807) is 24.5 Å². The smallest absolute Gasteiger partial charge is 0.259 e. The van der Waals surface area contributed by atoms with Crippen LogP contribution in [-0.4, -0.2) is 29.5 Å². The molecule has 7 nitrogen and oxygen atoms in total. The van der Waals surface area contributed by atoms with E-state index in [0.717, 1.165) is 29.3 Å². The highest BCUT2D eigenvalue weighted by Crippen LogP contribution is 2.37. The highest BCUT2D eigenvalue weighted by molar-refractivity contribution is 6.07. The first-order chi connectivity index (χ1) is 14.5. The van der Waals surface area contributed by atoms with Gasteiger partial charge in [-0.05, 0) is 47.5 Å². The molecule has 1 aliphatic rings. The lowest BCUT2D eigenvalue weighted by molar-refractivity contribution is 0.102. The maximum atomic E-state index is 12.9. The van der Waals surface area contributed by atoms with E-state index in [2.05, 4.69) is 51.1 Å². The SMILES string of the molecule is CNc1cc(CNc2ncccc2C(=O)Nc2ccc3c(c2)NCC3(C)C)ccn1. The molecule has 0 spiro atoms. The summed E-state index contributed by atoms with van der Waals surface area (Å²) in [5.41, 5.74) is 4.72. The topological polar surface area (TPSA) is 91.0 Å². The predicted molar refractivity (Wildman–Crippen MR) is 121 cm³/mol. The number of carbonyl (C=O) groups excluding carboxylic acids is 1. The summed E-state index contributed by atoms with van der Waals surface area (Å²) in [5, 5.41) is 12.7. The molecule has 1 aromatic carbocycles. The molecule has 3 aromatic rings. The van der Waals surface area contributed by atoms with Crippen LogP contribution >= 0.6 is 0 Å². The lowest BCUT2D eigenvalue weighted by Crippen LogP contribution is -2.18. The quantitative estimate of drug-likeness (QED) is 0.497. The van der Waals surface area contributed by atoms with E-state index in [4.69, 9.17) is 0 Å². The fourth-order valence-corrected chi connectivity index (χ4v) is 3.60. The van der Waals surface area contributed by atoms with E-state index >= 15 is 0 Å². The molecule has 30 heavy (non-hydrogen) atoms. The van der Waals surface area contributed by atoms with Crippen molar-refractivity contribution in [3.63, 3.8) is 0 Å². The number of hydrogen-bond donors (Lipinski definition) is 4. The van der Waals surface area contributed by atoms with Gasteiger partial charge in [-0.1, -0.05) is 19.9 Å². The Hall–Kier alpha value is -3.61. The van der Waals surface area contributed by atoms with E-state index in [9.17, 15) is 4.79 Å². The molecule has 0 aliphatic carbocycles. The third-order valence-corrected chi connectivity index (χ3v) is 5.32. The summed E-state index contributed by atoms with van der Waals surface area (Å²) in [6.07, 6.45) is 3.42. The lowest BCUT2D eigenvalue weighted by Gasteiger charge is -2.17. The molecule has 1 aliphatic heterocycles. The van der Waals surface area contributed by atoms with Crippen LogP contribution in [0.5, 0.6) is 0 Å². The van der Waals surface area contributed by atoms with Crippen molar-refractivity contribution in [2.24, 2.45) is 0 Å². The number of nitrogens with one attached hydrogen (secondary N) is 4. The van der Waals surface area contributed by atoms with Gasteiger partial charge in [0.1, 0.15) is 11.6 Å². The number of fused-ring (bicyclic) bond motifs is 1. The Labute approximate surface area is 176 Å². The van der Waals surface area contributed by atoms with Gasteiger partial charge in [0.2, 0.25) is 0 Å². The number of aromatic nitrogens is 2. The Kier molecular flexibility index (Phi) is 5.27. The number of nitrogens with zero attached hydrogens (tertiary/aromatic N) is 2. The first kappa shape index (κ1) is 19.7. The molecular formula is C23H26N6O. The molecule has 1 amide bonds. The van der Waals surface area contributed by atoms with Crippen molar-refractivity contribution >= 4 is 28.9 Å². The second-order valence-electron chi connectivity index (χ2n) is 8.00. The van der Waals surface area contributed by atoms with Crippen molar-refractivity contribution in [1.29, 1.82) is 0 Å². The molecule has 0 atom stereocenters. The fraction of sp³-hybridized carbons (Fsp3) is 0.261. The number of anilines is 4. The summed E-state index contributed by atoms with van der Waals surface area (Å²) in [6.45, 7) is 5.84. The third kappa shape index (κ3) is 4.05. The van der Waals surface area contributed by atoms with Gasteiger partial charge in [0.05, 0.1) is 5.56 Å². The Bertz CT molecular complexity index is 1080. The van der Waals surface area contributed by atoms with Crippen molar-refractivity contribution in [2.45, 2.75) is 25.8 Å². The van der Waals surface area contributed by atoms with Crippen LogP contribution in [0.15, 0.2) is 54.9 Å². The predicted octanol–water partition coefficient (Wildman–Crippen LogP) is 4.09. The number of pyridine rings is 2. The van der Waals surface area contributed by atoms with Crippen LogP contribution in [0.4, 0.5) is 23.0 Å². The van der Waals surface area contributed by atoms with Gasteiger partial charge < -0.3 is 21.3 Å². The van der Waals surface area contributed by atoms with Crippen molar-refractivity contribution in [3.8, 4) is 0 Å². The summed E-state index contributed by atoms with van der Waals surface area (Å²) in [4.78, 5) is 21.5. The van der Waals surface area contributed by atoms with Crippen LogP contribution < -0.4 is 21.3 Å².